The van der Waals surface area contributed by atoms with Crippen molar-refractivity contribution in [2.24, 2.45) is 0 Å². The Balaban J connectivity index is 2.16. The van der Waals surface area contributed by atoms with Gasteiger partial charge in [-0.1, -0.05) is 6.07 Å². The van der Waals surface area contributed by atoms with E-state index in [2.05, 4.69) is 27.6 Å². The number of phenols is 1. The molecular weight excluding hydrogens is 364 g/mol. The zero-order valence-electron chi connectivity index (χ0n) is 9.02. The average molecular weight is 371 g/mol. The van der Waals surface area contributed by atoms with Crippen LogP contribution < -0.4 is 0 Å². The minimum atomic E-state index is -0.261. The quantitative estimate of drug-likeness (QED) is 0.643. The summed E-state index contributed by atoms with van der Waals surface area (Å²) in [5, 5.41) is 10.5. The Labute approximate surface area is 120 Å². The Morgan fingerprint density at radius 3 is 2.78 bits per heavy atom. The van der Waals surface area contributed by atoms with Crippen molar-refractivity contribution in [1.82, 2.24) is 4.98 Å². The first-order valence-corrected chi connectivity index (χ1v) is 7.08. The first kappa shape index (κ1) is 11.9. The molecular formula is C13H7FINOS. The maximum Gasteiger partial charge on any atom is 0.129 e. The van der Waals surface area contributed by atoms with Gasteiger partial charge in [0.2, 0.25) is 0 Å². The average Bonchev–Trinajstić information content (AvgIpc) is 2.75. The van der Waals surface area contributed by atoms with Gasteiger partial charge in [-0.15, -0.1) is 11.3 Å². The molecule has 0 saturated carbocycles. The Bertz CT molecular complexity index is 741. The summed E-state index contributed by atoms with van der Waals surface area (Å²) in [6.45, 7) is 0. The summed E-state index contributed by atoms with van der Waals surface area (Å²) in [5.74, 6) is -0.0262. The number of hydrogen-bond donors (Lipinski definition) is 1. The summed E-state index contributed by atoms with van der Waals surface area (Å²) in [6, 6.07) is 9.95. The fourth-order valence-electron chi connectivity index (χ4n) is 1.67. The van der Waals surface area contributed by atoms with Crippen molar-refractivity contribution in [3.05, 3.63) is 45.8 Å². The van der Waals surface area contributed by atoms with Gasteiger partial charge in [-0.05, 0) is 52.9 Å². The SMILES string of the molecule is Oc1cc(-c2nc3ccc(F)cc3s2)ccc1I. The molecule has 0 saturated heterocycles. The lowest BCUT2D eigenvalue weighted by Gasteiger charge is -1.99. The summed E-state index contributed by atoms with van der Waals surface area (Å²) in [7, 11) is 0. The van der Waals surface area contributed by atoms with Gasteiger partial charge >= 0.3 is 0 Å². The summed E-state index contributed by atoms with van der Waals surface area (Å²) >= 11 is 3.48. The number of hydrogen-bond acceptors (Lipinski definition) is 3. The molecule has 2 nitrogen and oxygen atoms in total. The van der Waals surface area contributed by atoms with E-state index in [-0.39, 0.29) is 11.6 Å². The predicted octanol–water partition coefficient (Wildman–Crippen LogP) is 4.41. The largest absolute Gasteiger partial charge is 0.507 e. The van der Waals surface area contributed by atoms with Crippen LogP contribution in [0.1, 0.15) is 0 Å². The number of nitrogens with zero attached hydrogens (tertiary/aromatic N) is 1. The van der Waals surface area contributed by atoms with Gasteiger partial charge < -0.3 is 5.11 Å². The van der Waals surface area contributed by atoms with E-state index in [0.717, 1.165) is 24.4 Å². The van der Waals surface area contributed by atoms with Crippen molar-refractivity contribution >= 4 is 44.1 Å². The second-order valence-electron chi connectivity index (χ2n) is 3.80. The van der Waals surface area contributed by atoms with Crippen LogP contribution in [-0.2, 0) is 0 Å². The number of aromatic nitrogens is 1. The van der Waals surface area contributed by atoms with Crippen LogP contribution in [0.15, 0.2) is 36.4 Å². The summed E-state index contributed by atoms with van der Waals surface area (Å²) in [5.41, 5.74) is 1.61. The highest BCUT2D eigenvalue weighted by atomic mass is 127. The first-order valence-electron chi connectivity index (χ1n) is 5.18. The number of fused-ring (bicyclic) bond motifs is 1. The Morgan fingerprint density at radius 1 is 1.17 bits per heavy atom. The number of benzene rings is 2. The molecule has 18 heavy (non-hydrogen) atoms. The van der Waals surface area contributed by atoms with Gasteiger partial charge in [-0.2, -0.15) is 0 Å². The molecule has 90 valence electrons. The van der Waals surface area contributed by atoms with Gasteiger partial charge in [0.1, 0.15) is 16.6 Å². The topological polar surface area (TPSA) is 33.1 Å². The van der Waals surface area contributed by atoms with Crippen molar-refractivity contribution in [3.63, 3.8) is 0 Å². The van der Waals surface area contributed by atoms with Gasteiger partial charge in [0.25, 0.3) is 0 Å². The lowest BCUT2D eigenvalue weighted by Crippen LogP contribution is -1.78. The Morgan fingerprint density at radius 2 is 2.00 bits per heavy atom. The van der Waals surface area contributed by atoms with E-state index >= 15 is 0 Å². The third-order valence-electron chi connectivity index (χ3n) is 2.54. The van der Waals surface area contributed by atoms with Crippen LogP contribution in [0.2, 0.25) is 0 Å². The molecule has 3 rings (SSSR count). The van der Waals surface area contributed by atoms with Crippen LogP contribution in [-0.4, -0.2) is 10.1 Å². The van der Waals surface area contributed by atoms with E-state index < -0.39 is 0 Å². The number of thiazole rings is 1. The highest BCUT2D eigenvalue weighted by molar-refractivity contribution is 14.1. The van der Waals surface area contributed by atoms with Crippen LogP contribution in [0.4, 0.5) is 4.39 Å². The second-order valence-corrected chi connectivity index (χ2v) is 5.99. The molecule has 0 fully saturated rings. The molecule has 0 aliphatic rings. The van der Waals surface area contributed by atoms with Crippen molar-refractivity contribution in [2.75, 3.05) is 0 Å². The van der Waals surface area contributed by atoms with E-state index in [4.69, 9.17) is 0 Å². The fraction of sp³-hybridized carbons (Fsp3) is 0. The predicted molar refractivity (Wildman–Crippen MR) is 79.4 cm³/mol. The highest BCUT2D eigenvalue weighted by Crippen LogP contribution is 2.33. The first-order chi connectivity index (χ1) is 8.63. The monoisotopic (exact) mass is 371 g/mol. The lowest BCUT2D eigenvalue weighted by atomic mass is 10.2. The maximum absolute atomic E-state index is 13.1. The molecule has 0 amide bonds. The Kier molecular flexibility index (Phi) is 2.95. The third-order valence-corrected chi connectivity index (χ3v) is 4.52. The minimum absolute atomic E-state index is 0.235. The standard InChI is InChI=1S/C13H7FINOS/c14-8-2-4-10-12(6-8)18-13(16-10)7-1-3-9(15)11(17)5-7/h1-6,17H. The second kappa shape index (κ2) is 4.47. The summed E-state index contributed by atoms with van der Waals surface area (Å²) in [6.07, 6.45) is 0. The third kappa shape index (κ3) is 2.08. The van der Waals surface area contributed by atoms with Crippen molar-refractivity contribution in [3.8, 4) is 16.3 Å². The minimum Gasteiger partial charge on any atom is -0.507 e. The molecule has 0 unspecified atom stereocenters. The van der Waals surface area contributed by atoms with Crippen LogP contribution in [0, 0.1) is 9.39 Å². The van der Waals surface area contributed by atoms with Crippen molar-refractivity contribution in [1.29, 1.82) is 0 Å². The van der Waals surface area contributed by atoms with E-state index in [0.29, 0.717) is 0 Å². The molecule has 3 aromatic rings. The summed E-state index contributed by atoms with van der Waals surface area (Å²) < 4.78 is 14.7. The smallest absolute Gasteiger partial charge is 0.129 e. The molecule has 0 bridgehead atoms. The van der Waals surface area contributed by atoms with Crippen LogP contribution in [0.3, 0.4) is 0 Å². The van der Waals surface area contributed by atoms with Gasteiger partial charge in [-0.3, -0.25) is 0 Å². The van der Waals surface area contributed by atoms with Crippen LogP contribution >= 0.6 is 33.9 Å². The molecule has 0 radical (unpaired) electrons. The van der Waals surface area contributed by atoms with Gasteiger partial charge in [0.05, 0.1) is 13.8 Å². The highest BCUT2D eigenvalue weighted by Gasteiger charge is 2.08. The number of halogens is 2. The number of rotatable bonds is 1. The molecule has 1 heterocycles. The van der Waals surface area contributed by atoms with Crippen molar-refractivity contribution in [2.45, 2.75) is 0 Å². The molecule has 0 aliphatic carbocycles. The van der Waals surface area contributed by atoms with E-state index in [9.17, 15) is 9.50 Å². The zero-order chi connectivity index (χ0) is 12.7. The maximum atomic E-state index is 13.1. The molecule has 1 aromatic heterocycles. The van der Waals surface area contributed by atoms with Gasteiger partial charge in [0, 0.05) is 5.56 Å². The van der Waals surface area contributed by atoms with E-state index in [1.54, 1.807) is 12.1 Å². The van der Waals surface area contributed by atoms with Crippen LogP contribution in [0.5, 0.6) is 5.75 Å². The number of phenolic OH excluding ortho intramolecular Hbond substituents is 1. The fourth-order valence-corrected chi connectivity index (χ4v) is 2.99. The molecule has 1 N–H and O–H groups in total. The lowest BCUT2D eigenvalue weighted by molar-refractivity contribution is 0.472. The zero-order valence-corrected chi connectivity index (χ0v) is 12.0. The van der Waals surface area contributed by atoms with Gasteiger partial charge in [0.15, 0.2) is 0 Å². The normalized spacial score (nSPS) is 11.0. The van der Waals surface area contributed by atoms with E-state index in [1.807, 2.05) is 12.1 Å². The van der Waals surface area contributed by atoms with Crippen LogP contribution in [0.25, 0.3) is 20.8 Å². The molecule has 5 heteroatoms. The summed E-state index contributed by atoms with van der Waals surface area (Å²) in [4.78, 5) is 4.43. The molecule has 0 atom stereocenters. The molecule has 0 aliphatic heterocycles. The molecule has 0 spiro atoms. The van der Waals surface area contributed by atoms with Gasteiger partial charge in [-0.25, -0.2) is 9.37 Å². The molecule has 2 aromatic carbocycles. The number of aromatic hydroxyl groups is 1. The Hall–Kier alpha value is -1.21. The van der Waals surface area contributed by atoms with E-state index in [1.165, 1.54) is 23.5 Å². The van der Waals surface area contributed by atoms with Crippen molar-refractivity contribution < 1.29 is 9.50 Å².